The average Bonchev–Trinajstić information content (AvgIpc) is 2.73. The van der Waals surface area contributed by atoms with Crippen LogP contribution in [0.3, 0.4) is 0 Å². The molecule has 8 heteroatoms. The van der Waals surface area contributed by atoms with Crippen LogP contribution in [0.4, 0.5) is 5.69 Å². The predicted octanol–water partition coefficient (Wildman–Crippen LogP) is 3.27. The molecule has 0 aliphatic carbocycles. The first-order chi connectivity index (χ1) is 14.6. The molecule has 1 atom stereocenters. The fraction of sp³-hybridized carbons (Fsp3) is 0.391. The van der Waals surface area contributed by atoms with E-state index in [4.69, 9.17) is 0 Å². The van der Waals surface area contributed by atoms with Crippen LogP contribution in [0.15, 0.2) is 47.4 Å². The summed E-state index contributed by atoms with van der Waals surface area (Å²) in [5.74, 6) is -0.382. The van der Waals surface area contributed by atoms with E-state index in [1.165, 1.54) is 0 Å². The summed E-state index contributed by atoms with van der Waals surface area (Å²) in [6.45, 7) is 7.89. The van der Waals surface area contributed by atoms with Crippen molar-refractivity contribution in [2.75, 3.05) is 11.9 Å². The lowest BCUT2D eigenvalue weighted by Crippen LogP contribution is -2.30. The predicted molar refractivity (Wildman–Crippen MR) is 122 cm³/mol. The molecule has 0 fully saturated rings. The van der Waals surface area contributed by atoms with Gasteiger partial charge in [-0.1, -0.05) is 32.0 Å². The van der Waals surface area contributed by atoms with E-state index in [1.54, 1.807) is 24.3 Å². The molecule has 0 aliphatic heterocycles. The molecule has 168 valence electrons. The van der Waals surface area contributed by atoms with E-state index in [9.17, 15) is 18.0 Å². The Balaban J connectivity index is 1.82. The first kappa shape index (κ1) is 24.6. The van der Waals surface area contributed by atoms with Gasteiger partial charge in [0.05, 0.1) is 4.90 Å². The molecule has 2 aromatic rings. The molecule has 0 radical (unpaired) electrons. The first-order valence-electron chi connectivity index (χ1n) is 10.4. The van der Waals surface area contributed by atoms with Gasteiger partial charge in [-0.2, -0.15) is 0 Å². The largest absolute Gasteiger partial charge is 0.352 e. The van der Waals surface area contributed by atoms with Gasteiger partial charge >= 0.3 is 0 Å². The zero-order valence-electron chi connectivity index (χ0n) is 18.5. The van der Waals surface area contributed by atoms with E-state index in [1.807, 2.05) is 45.9 Å². The van der Waals surface area contributed by atoms with Crippen molar-refractivity contribution in [3.05, 3.63) is 59.2 Å². The Morgan fingerprint density at radius 3 is 2.45 bits per heavy atom. The average molecular weight is 446 g/mol. The number of hydrogen-bond donors (Lipinski definition) is 3. The van der Waals surface area contributed by atoms with Crippen molar-refractivity contribution in [3.8, 4) is 0 Å². The maximum absolute atomic E-state index is 12.4. The minimum atomic E-state index is -3.66. The maximum Gasteiger partial charge on any atom is 0.240 e. The topological polar surface area (TPSA) is 104 Å². The maximum atomic E-state index is 12.4. The van der Waals surface area contributed by atoms with E-state index in [-0.39, 0.29) is 42.1 Å². The Bertz CT molecular complexity index is 1030. The second kappa shape index (κ2) is 11.1. The summed E-state index contributed by atoms with van der Waals surface area (Å²) in [7, 11) is -3.66. The van der Waals surface area contributed by atoms with Crippen molar-refractivity contribution in [2.24, 2.45) is 5.92 Å². The molecule has 7 nitrogen and oxygen atoms in total. The standard InChI is InChI=1S/C23H31N3O4S/c1-5-16(2)23(28)26-20-8-6-7-19(14-20)15-24-22(27)11-12-25-31(29,30)21-10-9-17(3)18(4)13-21/h6-10,13-14,16,25H,5,11-12,15H2,1-4H3,(H,24,27)(H,26,28). The summed E-state index contributed by atoms with van der Waals surface area (Å²) in [5, 5.41) is 5.64. The Morgan fingerprint density at radius 1 is 1.03 bits per heavy atom. The van der Waals surface area contributed by atoms with Crippen molar-refractivity contribution >= 4 is 27.5 Å². The third kappa shape index (κ3) is 7.48. The molecule has 0 spiro atoms. The summed E-state index contributed by atoms with van der Waals surface area (Å²) in [5.41, 5.74) is 3.43. The number of amides is 2. The molecular weight excluding hydrogens is 414 g/mol. The van der Waals surface area contributed by atoms with Gasteiger partial charge in [-0.25, -0.2) is 13.1 Å². The van der Waals surface area contributed by atoms with Gasteiger partial charge in [-0.3, -0.25) is 9.59 Å². The van der Waals surface area contributed by atoms with E-state index < -0.39 is 10.0 Å². The van der Waals surface area contributed by atoms with Crippen LogP contribution in [0.1, 0.15) is 43.4 Å². The number of carbonyl (C=O) groups is 2. The summed E-state index contributed by atoms with van der Waals surface area (Å²) in [6.07, 6.45) is 0.781. The molecule has 0 aliphatic rings. The zero-order chi connectivity index (χ0) is 23.0. The van der Waals surface area contributed by atoms with Gasteiger partial charge < -0.3 is 10.6 Å². The third-order valence-corrected chi connectivity index (χ3v) is 6.64. The number of benzene rings is 2. The number of rotatable bonds is 10. The Morgan fingerprint density at radius 2 is 1.77 bits per heavy atom. The van der Waals surface area contributed by atoms with Crippen molar-refractivity contribution in [1.29, 1.82) is 0 Å². The minimum absolute atomic E-state index is 0.00605. The highest BCUT2D eigenvalue weighted by atomic mass is 32.2. The number of anilines is 1. The van der Waals surface area contributed by atoms with Crippen LogP contribution in [0.25, 0.3) is 0 Å². The second-order valence-electron chi connectivity index (χ2n) is 7.67. The van der Waals surface area contributed by atoms with Crippen LogP contribution in [-0.4, -0.2) is 26.8 Å². The number of hydrogen-bond acceptors (Lipinski definition) is 4. The Kier molecular flexibility index (Phi) is 8.76. The molecule has 0 bridgehead atoms. The van der Waals surface area contributed by atoms with Gasteiger partial charge in [0.25, 0.3) is 0 Å². The molecule has 2 amide bonds. The fourth-order valence-electron chi connectivity index (χ4n) is 2.76. The van der Waals surface area contributed by atoms with Crippen LogP contribution < -0.4 is 15.4 Å². The van der Waals surface area contributed by atoms with Gasteiger partial charge in [0.15, 0.2) is 0 Å². The van der Waals surface area contributed by atoms with Crippen molar-refractivity contribution in [1.82, 2.24) is 10.0 Å². The Labute approximate surface area is 184 Å². The Hall–Kier alpha value is -2.71. The second-order valence-corrected chi connectivity index (χ2v) is 9.44. The van der Waals surface area contributed by atoms with Crippen LogP contribution in [0.2, 0.25) is 0 Å². The highest BCUT2D eigenvalue weighted by Crippen LogP contribution is 2.15. The lowest BCUT2D eigenvalue weighted by molar-refractivity contribution is -0.121. The molecule has 2 aromatic carbocycles. The van der Waals surface area contributed by atoms with E-state index in [0.29, 0.717) is 5.69 Å². The highest BCUT2D eigenvalue weighted by Gasteiger charge is 2.15. The van der Waals surface area contributed by atoms with Crippen molar-refractivity contribution < 1.29 is 18.0 Å². The van der Waals surface area contributed by atoms with Gasteiger partial charge in [0, 0.05) is 31.1 Å². The van der Waals surface area contributed by atoms with Crippen LogP contribution in [0.5, 0.6) is 0 Å². The molecule has 0 saturated carbocycles. The summed E-state index contributed by atoms with van der Waals surface area (Å²) in [6, 6.07) is 12.2. The lowest BCUT2D eigenvalue weighted by Gasteiger charge is -2.12. The van der Waals surface area contributed by atoms with Crippen LogP contribution >= 0.6 is 0 Å². The first-order valence-corrected chi connectivity index (χ1v) is 11.8. The van der Waals surface area contributed by atoms with Crippen LogP contribution in [-0.2, 0) is 26.2 Å². The number of nitrogens with one attached hydrogen (secondary N) is 3. The van der Waals surface area contributed by atoms with E-state index in [0.717, 1.165) is 23.1 Å². The molecular formula is C23H31N3O4S. The molecule has 0 saturated heterocycles. The monoisotopic (exact) mass is 445 g/mol. The molecule has 0 aromatic heterocycles. The SMILES string of the molecule is CCC(C)C(=O)Nc1cccc(CNC(=O)CCNS(=O)(=O)c2ccc(C)c(C)c2)c1. The normalized spacial score (nSPS) is 12.3. The number of carbonyl (C=O) groups excluding carboxylic acids is 2. The van der Waals surface area contributed by atoms with E-state index >= 15 is 0 Å². The quantitative estimate of drug-likeness (QED) is 0.522. The van der Waals surface area contributed by atoms with Crippen LogP contribution in [0, 0.1) is 19.8 Å². The van der Waals surface area contributed by atoms with Crippen molar-refractivity contribution in [2.45, 2.75) is 52.0 Å². The number of sulfonamides is 1. The zero-order valence-corrected chi connectivity index (χ0v) is 19.3. The number of aryl methyl sites for hydroxylation is 2. The fourth-order valence-corrected chi connectivity index (χ4v) is 3.88. The molecule has 1 unspecified atom stereocenters. The summed E-state index contributed by atoms with van der Waals surface area (Å²) >= 11 is 0. The molecule has 2 rings (SSSR count). The molecule has 31 heavy (non-hydrogen) atoms. The molecule has 3 N–H and O–H groups in total. The summed E-state index contributed by atoms with van der Waals surface area (Å²) in [4.78, 5) is 24.3. The third-order valence-electron chi connectivity index (χ3n) is 5.18. The highest BCUT2D eigenvalue weighted by molar-refractivity contribution is 7.89. The van der Waals surface area contributed by atoms with Gasteiger partial charge in [-0.15, -0.1) is 0 Å². The van der Waals surface area contributed by atoms with E-state index in [2.05, 4.69) is 15.4 Å². The van der Waals surface area contributed by atoms with Crippen molar-refractivity contribution in [3.63, 3.8) is 0 Å². The molecule has 0 heterocycles. The van der Waals surface area contributed by atoms with Gasteiger partial charge in [-0.05, 0) is 61.2 Å². The smallest absolute Gasteiger partial charge is 0.240 e. The van der Waals surface area contributed by atoms with Gasteiger partial charge in [0.2, 0.25) is 21.8 Å². The van der Waals surface area contributed by atoms with Gasteiger partial charge in [0.1, 0.15) is 0 Å². The minimum Gasteiger partial charge on any atom is -0.352 e. The summed E-state index contributed by atoms with van der Waals surface area (Å²) < 4.78 is 27.2. The lowest BCUT2D eigenvalue weighted by atomic mass is 10.1.